The number of benzene rings is 2. The van der Waals surface area contributed by atoms with Gasteiger partial charge in [0.15, 0.2) is 0 Å². The maximum absolute atomic E-state index is 13.5. The lowest BCUT2D eigenvalue weighted by molar-refractivity contribution is 0.0186. The predicted octanol–water partition coefficient (Wildman–Crippen LogP) is 5.57. The summed E-state index contributed by atoms with van der Waals surface area (Å²) < 4.78 is 23.5. The van der Waals surface area contributed by atoms with Crippen molar-refractivity contribution in [2.45, 2.75) is 44.6 Å². The van der Waals surface area contributed by atoms with Gasteiger partial charge in [-0.05, 0) is 67.8 Å². The van der Waals surface area contributed by atoms with Crippen LogP contribution in [-0.2, 0) is 9.47 Å². The molecule has 10 heteroatoms. The quantitative estimate of drug-likeness (QED) is 0.327. The minimum Gasteiger partial charge on any atom is -0.497 e. The van der Waals surface area contributed by atoms with Crippen LogP contribution in [-0.4, -0.2) is 85.8 Å². The first-order chi connectivity index (χ1) is 22.0. The third-order valence-corrected chi connectivity index (χ3v) is 8.17. The SMILES string of the molecule is CC=CC1=CN2C(=O)c3cc(OC)ccc3N=C[C@H]2C1OCCCOC1C(C=CC)=CN2C(=O)c3cc(OC)ccc3N=C[C@@H]12. The highest BCUT2D eigenvalue weighted by Gasteiger charge is 2.41. The molecule has 0 N–H and O–H groups in total. The van der Waals surface area contributed by atoms with E-state index in [1.165, 1.54) is 0 Å². The van der Waals surface area contributed by atoms with E-state index in [0.717, 1.165) is 11.1 Å². The molecular weight excluding hydrogens is 572 g/mol. The van der Waals surface area contributed by atoms with E-state index >= 15 is 0 Å². The number of methoxy groups -OCH3 is 2. The number of fused-ring (bicyclic) bond motifs is 4. The van der Waals surface area contributed by atoms with Crippen molar-refractivity contribution in [2.75, 3.05) is 27.4 Å². The second-order valence-corrected chi connectivity index (χ2v) is 10.9. The van der Waals surface area contributed by atoms with Crippen LogP contribution in [0.2, 0.25) is 0 Å². The molecule has 2 unspecified atom stereocenters. The first-order valence-corrected chi connectivity index (χ1v) is 15.0. The minimum absolute atomic E-state index is 0.155. The van der Waals surface area contributed by atoms with Crippen LogP contribution in [0.3, 0.4) is 0 Å². The molecule has 4 aliphatic rings. The van der Waals surface area contributed by atoms with Gasteiger partial charge < -0.3 is 28.7 Å². The van der Waals surface area contributed by atoms with Crippen molar-refractivity contribution < 1.29 is 28.5 Å². The summed E-state index contributed by atoms with van der Waals surface area (Å²) >= 11 is 0. The lowest BCUT2D eigenvalue weighted by Crippen LogP contribution is -2.41. The van der Waals surface area contributed by atoms with Crippen LogP contribution in [0.25, 0.3) is 0 Å². The summed E-state index contributed by atoms with van der Waals surface area (Å²) in [5.74, 6) is 0.888. The molecule has 0 radical (unpaired) electrons. The molecule has 0 aliphatic carbocycles. The summed E-state index contributed by atoms with van der Waals surface area (Å²) in [4.78, 5) is 39.7. The topological polar surface area (TPSA) is 102 Å². The molecule has 4 atom stereocenters. The molecule has 2 aromatic rings. The molecule has 2 aromatic carbocycles. The molecule has 0 spiro atoms. The van der Waals surface area contributed by atoms with Gasteiger partial charge in [-0.25, -0.2) is 0 Å². The van der Waals surface area contributed by atoms with Gasteiger partial charge in [-0.3, -0.25) is 19.6 Å². The fourth-order valence-electron chi connectivity index (χ4n) is 5.99. The number of carbonyl (C=O) groups is 2. The summed E-state index contributed by atoms with van der Waals surface area (Å²) in [6, 6.07) is 9.83. The van der Waals surface area contributed by atoms with Gasteiger partial charge in [0.05, 0.1) is 36.7 Å². The van der Waals surface area contributed by atoms with Gasteiger partial charge in [0.2, 0.25) is 0 Å². The minimum atomic E-state index is -0.385. The van der Waals surface area contributed by atoms with Crippen LogP contribution in [0.5, 0.6) is 11.5 Å². The van der Waals surface area contributed by atoms with Gasteiger partial charge in [-0.15, -0.1) is 0 Å². The van der Waals surface area contributed by atoms with Crippen molar-refractivity contribution >= 4 is 35.6 Å². The fraction of sp³-hybridized carbons (Fsp3) is 0.314. The monoisotopic (exact) mass is 608 g/mol. The van der Waals surface area contributed by atoms with Gasteiger partial charge in [0, 0.05) is 38.0 Å². The molecule has 10 nitrogen and oxygen atoms in total. The zero-order chi connectivity index (χ0) is 31.5. The molecule has 0 fully saturated rings. The number of nitrogens with zero attached hydrogens (tertiary/aromatic N) is 4. The summed E-state index contributed by atoms with van der Waals surface area (Å²) in [6.07, 6.45) is 14.9. The van der Waals surface area contributed by atoms with E-state index in [0.29, 0.717) is 53.6 Å². The van der Waals surface area contributed by atoms with Crippen LogP contribution < -0.4 is 9.47 Å². The Labute approximate surface area is 262 Å². The van der Waals surface area contributed by atoms with E-state index in [4.69, 9.17) is 18.9 Å². The largest absolute Gasteiger partial charge is 0.497 e. The second-order valence-electron chi connectivity index (χ2n) is 10.9. The van der Waals surface area contributed by atoms with E-state index in [2.05, 4.69) is 9.98 Å². The molecule has 45 heavy (non-hydrogen) atoms. The lowest BCUT2D eigenvalue weighted by atomic mass is 10.1. The zero-order valence-electron chi connectivity index (χ0n) is 25.8. The van der Waals surface area contributed by atoms with Crippen LogP contribution in [0.15, 0.2) is 94.2 Å². The number of ether oxygens (including phenoxy) is 4. The molecule has 232 valence electrons. The van der Waals surface area contributed by atoms with Gasteiger partial charge in [0.25, 0.3) is 11.8 Å². The summed E-state index contributed by atoms with van der Waals surface area (Å²) in [7, 11) is 3.15. The zero-order valence-corrected chi connectivity index (χ0v) is 25.8. The third kappa shape index (κ3) is 5.74. The Bertz CT molecular complexity index is 1550. The van der Waals surface area contributed by atoms with E-state index in [1.54, 1.807) is 72.8 Å². The maximum atomic E-state index is 13.5. The highest BCUT2D eigenvalue weighted by molar-refractivity contribution is 6.05. The standard InChI is InChI=1S/C35H36N4O6/c1-5-8-22-20-38-30(18-36-28-12-10-24(42-3)16-26(28)34(38)40)32(22)44-14-7-15-45-33-23(9-6-2)21-39-31(33)19-37-29-13-11-25(43-4)17-27(29)35(39)41/h5-6,8-13,16-21,30-33H,7,14-15H2,1-4H3/t30-,31-,32?,33?/m0/s1. The molecule has 4 aliphatic heterocycles. The van der Waals surface area contributed by atoms with Crippen molar-refractivity contribution in [2.24, 2.45) is 9.98 Å². The molecule has 0 bridgehead atoms. The highest BCUT2D eigenvalue weighted by Crippen LogP contribution is 2.36. The Hall–Kier alpha value is -4.80. The van der Waals surface area contributed by atoms with Crippen molar-refractivity contribution in [3.8, 4) is 11.5 Å². The molecule has 6 rings (SSSR count). The highest BCUT2D eigenvalue weighted by atomic mass is 16.5. The Balaban J connectivity index is 1.11. The van der Waals surface area contributed by atoms with Gasteiger partial charge in [0.1, 0.15) is 35.8 Å². The predicted molar refractivity (Wildman–Crippen MR) is 172 cm³/mol. The Morgan fingerprint density at radius 3 is 1.56 bits per heavy atom. The number of carbonyl (C=O) groups excluding carboxylic acids is 2. The molecule has 2 amide bonds. The first-order valence-electron chi connectivity index (χ1n) is 15.0. The van der Waals surface area contributed by atoms with E-state index in [9.17, 15) is 9.59 Å². The summed E-state index contributed by atoms with van der Waals surface area (Å²) in [5.41, 5.74) is 3.95. The molecule has 4 heterocycles. The number of rotatable bonds is 10. The van der Waals surface area contributed by atoms with E-state index in [1.807, 2.05) is 50.6 Å². The molecular formula is C35H36N4O6. The first kappa shape index (κ1) is 30.2. The molecule has 0 saturated heterocycles. The van der Waals surface area contributed by atoms with Crippen molar-refractivity contribution in [3.63, 3.8) is 0 Å². The third-order valence-electron chi connectivity index (χ3n) is 8.17. The van der Waals surface area contributed by atoms with Crippen LogP contribution in [0.4, 0.5) is 11.4 Å². The number of amides is 2. The number of aliphatic imine (C=N–C) groups is 2. The second kappa shape index (κ2) is 13.1. The molecule has 0 aromatic heterocycles. The smallest absolute Gasteiger partial charge is 0.260 e. The average molecular weight is 609 g/mol. The number of hydrogen-bond acceptors (Lipinski definition) is 8. The van der Waals surface area contributed by atoms with Crippen LogP contribution >= 0.6 is 0 Å². The maximum Gasteiger partial charge on any atom is 0.260 e. The number of hydrogen-bond donors (Lipinski definition) is 0. The Morgan fingerprint density at radius 2 is 1.16 bits per heavy atom. The number of allylic oxidation sites excluding steroid dienone is 2. The normalized spacial score (nSPS) is 23.5. The van der Waals surface area contributed by atoms with Crippen molar-refractivity contribution in [3.05, 3.63) is 95.4 Å². The Kier molecular flexibility index (Phi) is 8.77. The fourth-order valence-corrected chi connectivity index (χ4v) is 5.99. The summed E-state index contributed by atoms with van der Waals surface area (Å²) in [6.45, 7) is 4.66. The average Bonchev–Trinajstić information content (AvgIpc) is 3.49. The Morgan fingerprint density at radius 1 is 0.711 bits per heavy atom. The van der Waals surface area contributed by atoms with E-state index in [-0.39, 0.29) is 36.1 Å². The molecule has 0 saturated carbocycles. The van der Waals surface area contributed by atoms with Gasteiger partial charge in [-0.2, -0.15) is 0 Å². The summed E-state index contributed by atoms with van der Waals surface area (Å²) in [5, 5.41) is 0. The lowest BCUT2D eigenvalue weighted by Gasteiger charge is -2.26. The van der Waals surface area contributed by atoms with Gasteiger partial charge >= 0.3 is 0 Å². The van der Waals surface area contributed by atoms with Gasteiger partial charge in [-0.1, -0.05) is 24.3 Å². The van der Waals surface area contributed by atoms with Crippen LogP contribution in [0, 0.1) is 0 Å². The van der Waals surface area contributed by atoms with E-state index < -0.39 is 0 Å². The van der Waals surface area contributed by atoms with Crippen molar-refractivity contribution in [1.29, 1.82) is 0 Å². The van der Waals surface area contributed by atoms with Crippen LogP contribution in [0.1, 0.15) is 41.0 Å². The van der Waals surface area contributed by atoms with Crippen molar-refractivity contribution in [1.82, 2.24) is 9.80 Å².